The van der Waals surface area contributed by atoms with E-state index in [1.54, 1.807) is 0 Å². The number of alkyl halides is 1. The van der Waals surface area contributed by atoms with E-state index in [4.69, 9.17) is 23.2 Å². The van der Waals surface area contributed by atoms with E-state index in [1.807, 2.05) is 0 Å². The van der Waals surface area contributed by atoms with Crippen LogP contribution in [0.5, 0.6) is 0 Å². The maximum absolute atomic E-state index is 11.5. The topological polar surface area (TPSA) is 49.0 Å². The summed E-state index contributed by atoms with van der Waals surface area (Å²) >= 11 is 11.9. The fraction of sp³-hybridized carbons (Fsp3) is 0.667. The third-order valence-electron chi connectivity index (χ3n) is 3.39. The molecule has 1 N–H and O–H groups in total. The van der Waals surface area contributed by atoms with Crippen molar-refractivity contribution in [3.8, 4) is 0 Å². The molecule has 0 spiro atoms. The van der Waals surface area contributed by atoms with Gasteiger partial charge < -0.3 is 9.88 Å². The molecule has 0 atom stereocenters. The lowest BCUT2D eigenvalue weighted by molar-refractivity contribution is 0.416. The van der Waals surface area contributed by atoms with E-state index in [0.29, 0.717) is 24.3 Å². The summed E-state index contributed by atoms with van der Waals surface area (Å²) in [5.74, 6) is 1.06. The van der Waals surface area contributed by atoms with Crippen LogP contribution in [0.3, 0.4) is 0 Å². The number of anilines is 1. The first-order valence-corrected chi connectivity index (χ1v) is 7.21. The second kappa shape index (κ2) is 6.43. The molecule has 100 valence electrons. The van der Waals surface area contributed by atoms with Gasteiger partial charge in [0.2, 0.25) is 0 Å². The molecule has 1 heterocycles. The van der Waals surface area contributed by atoms with Crippen molar-refractivity contribution in [2.24, 2.45) is 0 Å². The zero-order valence-electron chi connectivity index (χ0n) is 10.2. The Bertz CT molecular complexity index is 443. The van der Waals surface area contributed by atoms with Gasteiger partial charge in [-0.15, -0.1) is 11.6 Å². The summed E-state index contributed by atoms with van der Waals surface area (Å²) in [6.45, 7) is 0.669. The van der Waals surface area contributed by atoms with E-state index in [1.165, 1.54) is 25.6 Å². The molecule has 0 bridgehead atoms. The van der Waals surface area contributed by atoms with E-state index in [0.717, 1.165) is 12.8 Å². The largest absolute Gasteiger partial charge is 0.351 e. The van der Waals surface area contributed by atoms with Crippen LogP contribution in [0.1, 0.15) is 32.1 Å². The van der Waals surface area contributed by atoms with Crippen LogP contribution < -0.4 is 10.5 Å². The van der Waals surface area contributed by atoms with Crippen LogP contribution in [-0.2, 0) is 0 Å². The van der Waals surface area contributed by atoms with Gasteiger partial charge in [0.15, 0.2) is 5.82 Å². The van der Waals surface area contributed by atoms with Gasteiger partial charge in [0.25, 0.3) is 5.56 Å². The fourth-order valence-electron chi connectivity index (χ4n) is 2.52. The minimum atomic E-state index is -0.294. The van der Waals surface area contributed by atoms with Crippen molar-refractivity contribution in [3.05, 3.63) is 21.7 Å². The summed E-state index contributed by atoms with van der Waals surface area (Å²) in [7, 11) is 0. The van der Waals surface area contributed by atoms with Crippen LogP contribution in [-0.4, -0.2) is 28.4 Å². The van der Waals surface area contributed by atoms with Gasteiger partial charge in [0.1, 0.15) is 5.02 Å². The molecule has 1 saturated carbocycles. The fourth-order valence-corrected chi connectivity index (χ4v) is 2.91. The highest BCUT2D eigenvalue weighted by molar-refractivity contribution is 6.32. The number of rotatable bonds is 4. The summed E-state index contributed by atoms with van der Waals surface area (Å²) < 4.78 is 0. The van der Waals surface area contributed by atoms with E-state index in [-0.39, 0.29) is 10.6 Å². The average molecular weight is 290 g/mol. The molecule has 1 aliphatic rings. The smallest absolute Gasteiger partial charge is 0.271 e. The van der Waals surface area contributed by atoms with Gasteiger partial charge in [0, 0.05) is 18.5 Å². The molecule has 0 unspecified atom stereocenters. The van der Waals surface area contributed by atoms with Crippen molar-refractivity contribution in [2.75, 3.05) is 17.3 Å². The van der Waals surface area contributed by atoms with Gasteiger partial charge in [-0.3, -0.25) is 4.79 Å². The number of aromatic amines is 1. The minimum Gasteiger partial charge on any atom is -0.351 e. The molecule has 0 amide bonds. The summed E-state index contributed by atoms with van der Waals surface area (Å²) in [5.41, 5.74) is -0.294. The Balaban J connectivity index is 2.28. The highest BCUT2D eigenvalue weighted by Gasteiger charge is 2.24. The molecular weight excluding hydrogens is 273 g/mol. The molecule has 18 heavy (non-hydrogen) atoms. The molecule has 1 fully saturated rings. The van der Waals surface area contributed by atoms with Crippen molar-refractivity contribution in [1.29, 1.82) is 0 Å². The molecule has 1 aromatic heterocycles. The number of aromatic nitrogens is 2. The Morgan fingerprint density at radius 3 is 2.78 bits per heavy atom. The average Bonchev–Trinajstić information content (AvgIpc) is 2.41. The number of hydrogen-bond acceptors (Lipinski definition) is 3. The molecule has 6 heteroatoms. The molecule has 0 radical (unpaired) electrons. The lowest BCUT2D eigenvalue weighted by Crippen LogP contribution is -2.39. The molecular formula is C12H17Cl2N3O. The number of halogens is 2. The number of nitrogens with zero attached hydrogens (tertiary/aromatic N) is 2. The van der Waals surface area contributed by atoms with Crippen LogP contribution in [0.2, 0.25) is 5.02 Å². The number of nitrogens with one attached hydrogen (secondary N) is 1. The molecule has 4 nitrogen and oxygen atoms in total. The minimum absolute atomic E-state index is 0.160. The summed E-state index contributed by atoms with van der Waals surface area (Å²) in [4.78, 5) is 20.3. The highest BCUT2D eigenvalue weighted by Crippen LogP contribution is 2.28. The molecule has 0 aliphatic heterocycles. The first kappa shape index (κ1) is 13.7. The second-order valence-electron chi connectivity index (χ2n) is 4.54. The van der Waals surface area contributed by atoms with Gasteiger partial charge in [0.05, 0.1) is 6.33 Å². The lowest BCUT2D eigenvalue weighted by Gasteiger charge is -2.35. The Morgan fingerprint density at radius 1 is 1.39 bits per heavy atom. The number of H-pyrrole nitrogens is 1. The summed E-state index contributed by atoms with van der Waals surface area (Å²) in [6.07, 6.45) is 7.33. The van der Waals surface area contributed by atoms with Crippen LogP contribution in [0.25, 0.3) is 0 Å². The second-order valence-corrected chi connectivity index (χ2v) is 5.30. The van der Waals surface area contributed by atoms with E-state index in [2.05, 4.69) is 14.9 Å². The Morgan fingerprint density at radius 2 is 2.11 bits per heavy atom. The Kier molecular flexibility index (Phi) is 4.89. The molecule has 1 aliphatic carbocycles. The molecule has 0 saturated heterocycles. The maximum Gasteiger partial charge on any atom is 0.271 e. The predicted molar refractivity (Wildman–Crippen MR) is 74.8 cm³/mol. The normalized spacial score (nSPS) is 16.8. The van der Waals surface area contributed by atoms with Crippen LogP contribution in [0.4, 0.5) is 5.82 Å². The maximum atomic E-state index is 11.5. The van der Waals surface area contributed by atoms with Crippen LogP contribution >= 0.6 is 23.2 Å². The zero-order chi connectivity index (χ0) is 13.0. The third-order valence-corrected chi connectivity index (χ3v) is 3.90. The lowest BCUT2D eigenvalue weighted by atomic mass is 9.94. The Hall–Kier alpha value is -0.740. The van der Waals surface area contributed by atoms with E-state index in [9.17, 15) is 4.79 Å². The van der Waals surface area contributed by atoms with Crippen molar-refractivity contribution in [1.82, 2.24) is 9.97 Å². The van der Waals surface area contributed by atoms with Crippen LogP contribution in [0, 0.1) is 0 Å². The zero-order valence-corrected chi connectivity index (χ0v) is 11.7. The van der Waals surface area contributed by atoms with Gasteiger partial charge in [-0.2, -0.15) is 0 Å². The number of hydrogen-bond donors (Lipinski definition) is 1. The SMILES string of the molecule is O=c1[nH]cnc(N(CCCl)C2CCCCC2)c1Cl. The van der Waals surface area contributed by atoms with E-state index >= 15 is 0 Å². The monoisotopic (exact) mass is 289 g/mol. The first-order chi connectivity index (χ1) is 8.74. The molecule has 0 aromatic carbocycles. The highest BCUT2D eigenvalue weighted by atomic mass is 35.5. The predicted octanol–water partition coefficient (Wildman–Crippen LogP) is 2.80. The van der Waals surface area contributed by atoms with Crippen molar-refractivity contribution in [2.45, 2.75) is 38.1 Å². The summed E-state index contributed by atoms with van der Waals surface area (Å²) in [5, 5.41) is 0.160. The molecule has 1 aromatic rings. The first-order valence-electron chi connectivity index (χ1n) is 6.30. The molecule has 2 rings (SSSR count). The van der Waals surface area contributed by atoms with Gasteiger partial charge >= 0.3 is 0 Å². The van der Waals surface area contributed by atoms with Gasteiger partial charge in [-0.25, -0.2) is 4.98 Å². The summed E-state index contributed by atoms with van der Waals surface area (Å²) in [6, 6.07) is 0.393. The third kappa shape index (κ3) is 2.98. The van der Waals surface area contributed by atoms with Gasteiger partial charge in [-0.1, -0.05) is 30.9 Å². The quantitative estimate of drug-likeness (QED) is 0.867. The Labute approximate surface area is 116 Å². The van der Waals surface area contributed by atoms with E-state index < -0.39 is 0 Å². The van der Waals surface area contributed by atoms with Crippen molar-refractivity contribution < 1.29 is 0 Å². The van der Waals surface area contributed by atoms with Crippen molar-refractivity contribution >= 4 is 29.0 Å². The van der Waals surface area contributed by atoms with Gasteiger partial charge in [-0.05, 0) is 12.8 Å². The van der Waals surface area contributed by atoms with Crippen molar-refractivity contribution in [3.63, 3.8) is 0 Å². The van der Waals surface area contributed by atoms with Crippen LogP contribution in [0.15, 0.2) is 11.1 Å². The standard InChI is InChI=1S/C12H17Cl2N3O/c13-6-7-17(9-4-2-1-3-5-9)11-10(14)12(18)16-8-15-11/h8-9H,1-7H2,(H,15,16,18).